The van der Waals surface area contributed by atoms with Gasteiger partial charge in [0, 0.05) is 15.6 Å². The smallest absolute Gasteiger partial charge is 0.255 e. The fraction of sp³-hybridized carbons (Fsp3) is 0.0526. The van der Waals surface area contributed by atoms with Gasteiger partial charge in [-0.2, -0.15) is 0 Å². The second kappa shape index (κ2) is 8.08. The number of hydrogen-bond acceptors (Lipinski definition) is 4. The summed E-state index contributed by atoms with van der Waals surface area (Å²) in [6.45, 7) is 0. The van der Waals surface area contributed by atoms with Crippen LogP contribution in [0.15, 0.2) is 60.8 Å². The number of benzene rings is 2. The van der Waals surface area contributed by atoms with Gasteiger partial charge >= 0.3 is 0 Å². The van der Waals surface area contributed by atoms with Crippen LogP contribution in [0.5, 0.6) is 5.75 Å². The third-order valence-electron chi connectivity index (χ3n) is 3.55. The highest BCUT2D eigenvalue weighted by Crippen LogP contribution is 2.30. The van der Waals surface area contributed by atoms with E-state index in [2.05, 4.69) is 15.6 Å². The first-order valence-corrected chi connectivity index (χ1v) is 8.44. The van der Waals surface area contributed by atoms with Gasteiger partial charge in [0.1, 0.15) is 11.6 Å². The molecule has 0 saturated heterocycles. The number of nitrogens with zero attached hydrogens (tertiary/aromatic N) is 1. The molecule has 0 aliphatic rings. The highest BCUT2D eigenvalue weighted by atomic mass is 35.5. The lowest BCUT2D eigenvalue weighted by Crippen LogP contribution is -2.11. The fourth-order valence-electron chi connectivity index (χ4n) is 2.26. The molecular formula is C19H15Cl2N3O2. The molecule has 3 aromatic rings. The summed E-state index contributed by atoms with van der Waals surface area (Å²) in [6, 6.07) is 15.4. The molecule has 7 heteroatoms. The van der Waals surface area contributed by atoms with Gasteiger partial charge in [0.05, 0.1) is 24.7 Å². The molecule has 1 aromatic heterocycles. The van der Waals surface area contributed by atoms with Crippen molar-refractivity contribution in [3.05, 3.63) is 76.4 Å². The zero-order chi connectivity index (χ0) is 18.5. The number of aromatic nitrogens is 1. The second-order valence-corrected chi connectivity index (χ2v) is 6.24. The van der Waals surface area contributed by atoms with Crippen molar-refractivity contribution in [2.24, 2.45) is 0 Å². The predicted molar refractivity (Wildman–Crippen MR) is 105 cm³/mol. The lowest BCUT2D eigenvalue weighted by molar-refractivity contribution is 0.102. The number of methoxy groups -OCH3 is 1. The van der Waals surface area contributed by atoms with Crippen LogP contribution in [0.2, 0.25) is 10.0 Å². The predicted octanol–water partition coefficient (Wildman–Crippen LogP) is 5.39. The number of carbonyl (C=O) groups excluding carboxylic acids is 1. The molecule has 0 saturated carbocycles. The fourth-order valence-corrected chi connectivity index (χ4v) is 2.56. The molecular weight excluding hydrogens is 373 g/mol. The first-order valence-electron chi connectivity index (χ1n) is 7.69. The Bertz CT molecular complexity index is 913. The van der Waals surface area contributed by atoms with Gasteiger partial charge in [-0.05, 0) is 54.6 Å². The van der Waals surface area contributed by atoms with E-state index in [0.29, 0.717) is 38.6 Å². The molecule has 0 unspecified atom stereocenters. The summed E-state index contributed by atoms with van der Waals surface area (Å²) < 4.78 is 5.29. The van der Waals surface area contributed by atoms with Crippen LogP contribution < -0.4 is 15.4 Å². The van der Waals surface area contributed by atoms with Gasteiger partial charge in [0.2, 0.25) is 0 Å². The van der Waals surface area contributed by atoms with E-state index < -0.39 is 0 Å². The molecule has 0 spiro atoms. The topological polar surface area (TPSA) is 63.2 Å². The molecule has 1 amide bonds. The number of carbonyl (C=O) groups is 1. The lowest BCUT2D eigenvalue weighted by atomic mass is 10.2. The highest BCUT2D eigenvalue weighted by molar-refractivity contribution is 6.31. The number of rotatable bonds is 5. The van der Waals surface area contributed by atoms with Crippen LogP contribution in [0.1, 0.15) is 10.4 Å². The Morgan fingerprint density at radius 1 is 1.00 bits per heavy atom. The van der Waals surface area contributed by atoms with Crippen molar-refractivity contribution >= 4 is 46.3 Å². The zero-order valence-electron chi connectivity index (χ0n) is 13.8. The Labute approximate surface area is 160 Å². The monoisotopic (exact) mass is 387 g/mol. The Kier molecular flexibility index (Phi) is 5.61. The number of pyridine rings is 1. The number of halogens is 2. The van der Waals surface area contributed by atoms with E-state index in [-0.39, 0.29) is 5.91 Å². The third kappa shape index (κ3) is 4.45. The minimum absolute atomic E-state index is 0.235. The van der Waals surface area contributed by atoms with Crippen LogP contribution in [0, 0.1) is 0 Å². The molecule has 1 heterocycles. The molecule has 0 aliphatic carbocycles. The van der Waals surface area contributed by atoms with Crippen molar-refractivity contribution in [2.45, 2.75) is 0 Å². The molecule has 0 bridgehead atoms. The lowest BCUT2D eigenvalue weighted by Gasteiger charge is -2.11. The van der Waals surface area contributed by atoms with Crippen LogP contribution >= 0.6 is 23.2 Å². The average molecular weight is 388 g/mol. The highest BCUT2D eigenvalue weighted by Gasteiger charge is 2.08. The maximum Gasteiger partial charge on any atom is 0.255 e. The summed E-state index contributed by atoms with van der Waals surface area (Å²) >= 11 is 11.8. The van der Waals surface area contributed by atoms with Crippen molar-refractivity contribution in [2.75, 3.05) is 17.7 Å². The van der Waals surface area contributed by atoms with E-state index in [1.54, 1.807) is 67.9 Å². The maximum atomic E-state index is 12.2. The summed E-state index contributed by atoms with van der Waals surface area (Å²) in [7, 11) is 1.58. The molecule has 132 valence electrons. The molecule has 3 rings (SSSR count). The van der Waals surface area contributed by atoms with Crippen molar-refractivity contribution in [3.63, 3.8) is 0 Å². The first-order chi connectivity index (χ1) is 12.5. The van der Waals surface area contributed by atoms with E-state index in [4.69, 9.17) is 27.9 Å². The van der Waals surface area contributed by atoms with Gasteiger partial charge < -0.3 is 15.4 Å². The summed E-state index contributed by atoms with van der Waals surface area (Å²) in [5, 5.41) is 7.08. The van der Waals surface area contributed by atoms with Gasteiger partial charge in [-0.3, -0.25) is 4.79 Å². The van der Waals surface area contributed by atoms with Gasteiger partial charge in [0.25, 0.3) is 5.91 Å². The molecule has 2 aromatic carbocycles. The second-order valence-electron chi connectivity index (χ2n) is 5.36. The van der Waals surface area contributed by atoms with E-state index in [1.165, 1.54) is 0 Å². The van der Waals surface area contributed by atoms with E-state index in [0.717, 1.165) is 0 Å². The molecule has 0 atom stereocenters. The molecule has 26 heavy (non-hydrogen) atoms. The SMILES string of the molecule is COc1ccc(Cl)cc1Nc1ccc(NC(=O)c2ccc(Cl)cc2)cn1. The van der Waals surface area contributed by atoms with Crippen molar-refractivity contribution < 1.29 is 9.53 Å². The van der Waals surface area contributed by atoms with Crippen molar-refractivity contribution in [3.8, 4) is 5.75 Å². The molecule has 0 radical (unpaired) electrons. The zero-order valence-corrected chi connectivity index (χ0v) is 15.3. The standard InChI is InChI=1S/C19H15Cl2N3O2/c1-26-17-8-6-14(21)10-16(17)24-18-9-7-15(11-22-18)23-19(25)12-2-4-13(20)5-3-12/h2-11H,1H3,(H,22,24)(H,23,25). The van der Waals surface area contributed by atoms with Crippen LogP contribution in [-0.2, 0) is 0 Å². The maximum absolute atomic E-state index is 12.2. The Hall–Kier alpha value is -2.76. The summed E-state index contributed by atoms with van der Waals surface area (Å²) in [6.07, 6.45) is 1.56. The van der Waals surface area contributed by atoms with E-state index in [1.807, 2.05) is 0 Å². The number of nitrogens with one attached hydrogen (secondary N) is 2. The summed E-state index contributed by atoms with van der Waals surface area (Å²) in [4.78, 5) is 16.5. The van der Waals surface area contributed by atoms with Crippen molar-refractivity contribution in [1.29, 1.82) is 0 Å². The summed E-state index contributed by atoms with van der Waals surface area (Å²) in [5.74, 6) is 1.01. The number of anilines is 3. The molecule has 5 nitrogen and oxygen atoms in total. The van der Waals surface area contributed by atoms with Crippen LogP contribution in [0.4, 0.5) is 17.2 Å². The van der Waals surface area contributed by atoms with Crippen molar-refractivity contribution in [1.82, 2.24) is 4.98 Å². The van der Waals surface area contributed by atoms with E-state index in [9.17, 15) is 4.79 Å². The van der Waals surface area contributed by atoms with Gasteiger partial charge in [-0.1, -0.05) is 23.2 Å². The van der Waals surface area contributed by atoms with Crippen LogP contribution in [0.3, 0.4) is 0 Å². The Balaban J connectivity index is 1.70. The minimum atomic E-state index is -0.235. The van der Waals surface area contributed by atoms with Gasteiger partial charge in [-0.15, -0.1) is 0 Å². The van der Waals surface area contributed by atoms with Gasteiger partial charge in [0.15, 0.2) is 0 Å². The average Bonchev–Trinajstić information content (AvgIpc) is 2.64. The Morgan fingerprint density at radius 2 is 1.73 bits per heavy atom. The van der Waals surface area contributed by atoms with Crippen LogP contribution in [0.25, 0.3) is 0 Å². The van der Waals surface area contributed by atoms with E-state index >= 15 is 0 Å². The number of ether oxygens (including phenoxy) is 1. The third-order valence-corrected chi connectivity index (χ3v) is 4.04. The number of hydrogen-bond donors (Lipinski definition) is 2. The number of amides is 1. The Morgan fingerprint density at radius 3 is 2.38 bits per heavy atom. The quantitative estimate of drug-likeness (QED) is 0.615. The molecule has 0 fully saturated rings. The van der Waals surface area contributed by atoms with Gasteiger partial charge in [-0.25, -0.2) is 4.98 Å². The summed E-state index contributed by atoms with van der Waals surface area (Å²) in [5.41, 5.74) is 1.79. The minimum Gasteiger partial charge on any atom is -0.495 e. The molecule has 2 N–H and O–H groups in total. The first kappa shape index (κ1) is 18.0. The normalized spacial score (nSPS) is 10.3. The van der Waals surface area contributed by atoms with Crippen LogP contribution in [-0.4, -0.2) is 18.0 Å². The molecule has 0 aliphatic heterocycles. The largest absolute Gasteiger partial charge is 0.495 e.